The van der Waals surface area contributed by atoms with E-state index in [1.807, 2.05) is 0 Å². The molecule has 1 unspecified atom stereocenters. The first kappa shape index (κ1) is 11.0. The third-order valence-corrected chi connectivity index (χ3v) is 3.68. The second-order valence-electron chi connectivity index (χ2n) is 5.50. The summed E-state index contributed by atoms with van der Waals surface area (Å²) in [5.74, 6) is 1.71. The molecular formula is C11H19N3S. The number of nitrogens with two attached hydrogens (primary N) is 1. The minimum absolute atomic E-state index is 0.144. The Kier molecular flexibility index (Phi) is 2.81. The quantitative estimate of drug-likeness (QED) is 0.859. The van der Waals surface area contributed by atoms with Crippen molar-refractivity contribution >= 4 is 11.5 Å². The molecule has 1 saturated carbocycles. The van der Waals surface area contributed by atoms with Crippen molar-refractivity contribution in [1.29, 1.82) is 0 Å². The minimum atomic E-state index is 0.144. The maximum absolute atomic E-state index is 6.12. The van der Waals surface area contributed by atoms with E-state index in [1.165, 1.54) is 24.4 Å². The Morgan fingerprint density at radius 1 is 1.47 bits per heavy atom. The number of hydrogen-bond donors (Lipinski definition) is 1. The molecule has 0 radical (unpaired) electrons. The molecule has 0 aromatic carbocycles. The first-order valence-corrected chi connectivity index (χ1v) is 6.32. The van der Waals surface area contributed by atoms with Crippen molar-refractivity contribution < 1.29 is 0 Å². The molecule has 1 atom stereocenters. The van der Waals surface area contributed by atoms with E-state index in [9.17, 15) is 0 Å². The second-order valence-corrected chi connectivity index (χ2v) is 6.33. The lowest BCUT2D eigenvalue weighted by molar-refractivity contribution is 0.318. The van der Waals surface area contributed by atoms with E-state index < -0.39 is 0 Å². The van der Waals surface area contributed by atoms with Gasteiger partial charge in [0.2, 0.25) is 0 Å². The number of nitrogens with zero attached hydrogens (tertiary/aromatic N) is 2. The molecule has 0 saturated heterocycles. The summed E-state index contributed by atoms with van der Waals surface area (Å²) < 4.78 is 4.39. The van der Waals surface area contributed by atoms with Crippen LogP contribution < -0.4 is 5.73 Å². The average molecular weight is 225 g/mol. The zero-order valence-corrected chi connectivity index (χ0v) is 10.5. The first-order valence-electron chi connectivity index (χ1n) is 5.55. The highest BCUT2D eigenvalue weighted by Gasteiger charge is 2.28. The molecule has 1 heterocycles. The van der Waals surface area contributed by atoms with Gasteiger partial charge in [-0.15, -0.1) is 0 Å². The van der Waals surface area contributed by atoms with Crippen LogP contribution in [0.2, 0.25) is 0 Å². The highest BCUT2D eigenvalue weighted by Crippen LogP contribution is 2.38. The zero-order valence-electron chi connectivity index (χ0n) is 9.66. The van der Waals surface area contributed by atoms with Crippen LogP contribution in [0.5, 0.6) is 0 Å². The Balaban J connectivity index is 1.98. The van der Waals surface area contributed by atoms with E-state index in [-0.39, 0.29) is 11.5 Å². The van der Waals surface area contributed by atoms with Crippen LogP contribution in [0.3, 0.4) is 0 Å². The Morgan fingerprint density at radius 2 is 2.13 bits per heavy atom. The van der Waals surface area contributed by atoms with Crippen molar-refractivity contribution in [2.75, 3.05) is 0 Å². The highest BCUT2D eigenvalue weighted by molar-refractivity contribution is 7.05. The zero-order chi connectivity index (χ0) is 11.1. The molecule has 1 aliphatic rings. The minimum Gasteiger partial charge on any atom is -0.327 e. The standard InChI is InChI=1S/C11H19N3S/c1-11(2,3)8(12)6-9-13-10(14-15-9)7-4-5-7/h7-8H,4-6,12H2,1-3H3. The fourth-order valence-corrected chi connectivity index (χ4v) is 2.13. The molecule has 15 heavy (non-hydrogen) atoms. The fraction of sp³-hybridized carbons (Fsp3) is 0.818. The van der Waals surface area contributed by atoms with Crippen molar-refractivity contribution in [2.24, 2.45) is 11.1 Å². The molecule has 0 amide bonds. The lowest BCUT2D eigenvalue weighted by Crippen LogP contribution is -2.36. The molecule has 0 spiro atoms. The Bertz CT molecular complexity index is 336. The predicted molar refractivity (Wildman–Crippen MR) is 63.0 cm³/mol. The smallest absolute Gasteiger partial charge is 0.145 e. The number of aromatic nitrogens is 2. The molecule has 0 bridgehead atoms. The fourth-order valence-electron chi connectivity index (χ4n) is 1.35. The normalized spacial score (nSPS) is 19.2. The van der Waals surface area contributed by atoms with E-state index in [2.05, 4.69) is 30.1 Å². The highest BCUT2D eigenvalue weighted by atomic mass is 32.1. The Labute approximate surface area is 95.3 Å². The van der Waals surface area contributed by atoms with Crippen molar-refractivity contribution in [2.45, 2.75) is 52.0 Å². The van der Waals surface area contributed by atoms with Gasteiger partial charge in [0.05, 0.1) is 0 Å². The van der Waals surface area contributed by atoms with Crippen LogP contribution in [0, 0.1) is 5.41 Å². The van der Waals surface area contributed by atoms with Gasteiger partial charge in [-0.1, -0.05) is 20.8 Å². The van der Waals surface area contributed by atoms with E-state index in [1.54, 1.807) is 0 Å². The van der Waals surface area contributed by atoms with Gasteiger partial charge >= 0.3 is 0 Å². The van der Waals surface area contributed by atoms with Crippen LogP contribution in [0.1, 0.15) is 50.4 Å². The molecule has 2 rings (SSSR count). The van der Waals surface area contributed by atoms with Crippen molar-refractivity contribution in [1.82, 2.24) is 9.36 Å². The summed E-state index contributed by atoms with van der Waals surface area (Å²) in [5, 5.41) is 1.10. The molecular weight excluding hydrogens is 206 g/mol. The largest absolute Gasteiger partial charge is 0.327 e. The average Bonchev–Trinajstić information content (AvgIpc) is 2.87. The van der Waals surface area contributed by atoms with E-state index in [0.29, 0.717) is 5.92 Å². The molecule has 0 aliphatic heterocycles. The van der Waals surface area contributed by atoms with Gasteiger partial charge in [0.15, 0.2) is 0 Å². The van der Waals surface area contributed by atoms with Crippen LogP contribution in [-0.2, 0) is 6.42 Å². The van der Waals surface area contributed by atoms with E-state index in [4.69, 9.17) is 5.73 Å². The van der Waals surface area contributed by atoms with Gasteiger partial charge in [-0.2, -0.15) is 4.37 Å². The topological polar surface area (TPSA) is 51.8 Å². The van der Waals surface area contributed by atoms with E-state index in [0.717, 1.165) is 17.3 Å². The predicted octanol–water partition coefficient (Wildman–Crippen LogP) is 2.33. The summed E-state index contributed by atoms with van der Waals surface area (Å²) in [6.45, 7) is 6.50. The Hall–Kier alpha value is -0.480. The van der Waals surface area contributed by atoms with Crippen molar-refractivity contribution in [3.8, 4) is 0 Å². The van der Waals surface area contributed by atoms with Crippen molar-refractivity contribution in [3.63, 3.8) is 0 Å². The van der Waals surface area contributed by atoms with Gasteiger partial charge in [-0.3, -0.25) is 0 Å². The van der Waals surface area contributed by atoms with Crippen LogP contribution in [-0.4, -0.2) is 15.4 Å². The van der Waals surface area contributed by atoms with Gasteiger partial charge < -0.3 is 5.73 Å². The van der Waals surface area contributed by atoms with Gasteiger partial charge in [-0.25, -0.2) is 4.98 Å². The van der Waals surface area contributed by atoms with Crippen molar-refractivity contribution in [3.05, 3.63) is 10.8 Å². The lowest BCUT2D eigenvalue weighted by atomic mass is 9.86. The molecule has 3 nitrogen and oxygen atoms in total. The van der Waals surface area contributed by atoms with Gasteiger partial charge in [0.25, 0.3) is 0 Å². The summed E-state index contributed by atoms with van der Waals surface area (Å²) in [4.78, 5) is 4.55. The molecule has 1 aromatic rings. The molecule has 1 aliphatic carbocycles. The number of hydrogen-bond acceptors (Lipinski definition) is 4. The molecule has 1 fully saturated rings. The molecule has 4 heteroatoms. The lowest BCUT2D eigenvalue weighted by Gasteiger charge is -2.25. The molecule has 1 aromatic heterocycles. The first-order chi connectivity index (χ1) is 6.97. The summed E-state index contributed by atoms with van der Waals surface area (Å²) in [5.41, 5.74) is 6.27. The molecule has 2 N–H and O–H groups in total. The summed E-state index contributed by atoms with van der Waals surface area (Å²) >= 11 is 1.52. The van der Waals surface area contributed by atoms with Gasteiger partial charge in [0, 0.05) is 18.4 Å². The van der Waals surface area contributed by atoms with E-state index >= 15 is 0 Å². The summed E-state index contributed by atoms with van der Waals surface area (Å²) in [6.07, 6.45) is 3.39. The SMILES string of the molecule is CC(C)(C)C(N)Cc1nc(C2CC2)ns1. The Morgan fingerprint density at radius 3 is 2.67 bits per heavy atom. The van der Waals surface area contributed by atoms with Crippen LogP contribution >= 0.6 is 11.5 Å². The van der Waals surface area contributed by atoms with Crippen LogP contribution in [0.25, 0.3) is 0 Å². The number of rotatable bonds is 3. The second kappa shape index (κ2) is 3.83. The van der Waals surface area contributed by atoms with Crippen LogP contribution in [0.4, 0.5) is 0 Å². The maximum Gasteiger partial charge on any atom is 0.145 e. The van der Waals surface area contributed by atoms with Gasteiger partial charge in [0.1, 0.15) is 10.8 Å². The summed E-state index contributed by atoms with van der Waals surface area (Å²) in [7, 11) is 0. The third kappa shape index (κ3) is 2.75. The maximum atomic E-state index is 6.12. The third-order valence-electron chi connectivity index (χ3n) is 2.93. The van der Waals surface area contributed by atoms with Crippen LogP contribution in [0.15, 0.2) is 0 Å². The summed E-state index contributed by atoms with van der Waals surface area (Å²) in [6, 6.07) is 0.164. The molecule has 84 valence electrons. The van der Waals surface area contributed by atoms with Gasteiger partial charge in [-0.05, 0) is 29.8 Å². The monoisotopic (exact) mass is 225 g/mol.